The molecule has 0 spiro atoms. The van der Waals surface area contributed by atoms with Gasteiger partial charge >= 0.3 is 6.09 Å². The molecule has 21 heavy (non-hydrogen) atoms. The predicted molar refractivity (Wildman–Crippen MR) is 81.8 cm³/mol. The van der Waals surface area contributed by atoms with E-state index in [1.54, 1.807) is 4.90 Å². The first-order chi connectivity index (χ1) is 10.1. The number of piperidine rings is 1. The Hall–Kier alpha value is -1.55. The highest BCUT2D eigenvalue weighted by Gasteiger charge is 2.31. The van der Waals surface area contributed by atoms with Crippen LogP contribution in [0.1, 0.15) is 32.3 Å². The molecule has 1 aliphatic rings. The van der Waals surface area contributed by atoms with Gasteiger partial charge < -0.3 is 14.7 Å². The monoisotopic (exact) mass is 291 g/mol. The summed E-state index contributed by atoms with van der Waals surface area (Å²) in [7, 11) is 0. The van der Waals surface area contributed by atoms with Crippen molar-refractivity contribution < 1.29 is 14.6 Å². The molecule has 1 aliphatic heterocycles. The van der Waals surface area contributed by atoms with E-state index in [9.17, 15) is 9.90 Å². The van der Waals surface area contributed by atoms with Gasteiger partial charge in [-0.3, -0.25) is 0 Å². The second-order valence-corrected chi connectivity index (χ2v) is 6.23. The van der Waals surface area contributed by atoms with Crippen molar-refractivity contribution in [3.05, 3.63) is 35.9 Å². The molecule has 4 heteroatoms. The van der Waals surface area contributed by atoms with E-state index in [1.807, 2.05) is 30.3 Å². The Bertz CT molecular complexity index is 447. The summed E-state index contributed by atoms with van der Waals surface area (Å²) in [5.74, 6) is 0.674. The number of amides is 1. The minimum absolute atomic E-state index is 0.156. The van der Waals surface area contributed by atoms with Gasteiger partial charge in [0.2, 0.25) is 0 Å². The summed E-state index contributed by atoms with van der Waals surface area (Å²) in [5, 5.41) is 10.0. The molecule has 1 amide bonds. The maximum atomic E-state index is 12.1. The standard InChI is InChI=1S/C17H25NO3/c1-13(2)10-15-11-18(9-8-16(15)19)17(20)21-12-14-6-4-3-5-7-14/h3-7,13,15-16,19H,8-12H2,1-2H3. The van der Waals surface area contributed by atoms with E-state index in [0.29, 0.717) is 32.0 Å². The van der Waals surface area contributed by atoms with Gasteiger partial charge in [-0.1, -0.05) is 44.2 Å². The minimum atomic E-state index is -0.300. The lowest BCUT2D eigenvalue weighted by Crippen LogP contribution is -2.46. The molecule has 1 saturated heterocycles. The molecule has 0 bridgehead atoms. The van der Waals surface area contributed by atoms with Gasteiger partial charge in [0.05, 0.1) is 6.10 Å². The van der Waals surface area contributed by atoms with Crippen LogP contribution in [0.25, 0.3) is 0 Å². The van der Waals surface area contributed by atoms with E-state index in [2.05, 4.69) is 13.8 Å². The zero-order valence-electron chi connectivity index (χ0n) is 12.9. The number of hydrogen-bond donors (Lipinski definition) is 1. The van der Waals surface area contributed by atoms with E-state index < -0.39 is 0 Å². The molecule has 0 saturated carbocycles. The molecule has 0 radical (unpaired) electrons. The van der Waals surface area contributed by atoms with Crippen LogP contribution in [0.2, 0.25) is 0 Å². The molecule has 0 aromatic heterocycles. The van der Waals surface area contributed by atoms with Crippen LogP contribution in [0.3, 0.4) is 0 Å². The van der Waals surface area contributed by atoms with Crippen LogP contribution in [0.4, 0.5) is 4.79 Å². The predicted octanol–water partition coefficient (Wildman–Crippen LogP) is 3.05. The molecule has 1 N–H and O–H groups in total. The van der Waals surface area contributed by atoms with E-state index in [-0.39, 0.29) is 18.1 Å². The Morgan fingerprint density at radius 1 is 1.38 bits per heavy atom. The Morgan fingerprint density at radius 3 is 2.76 bits per heavy atom. The first-order valence-electron chi connectivity index (χ1n) is 7.70. The first-order valence-corrected chi connectivity index (χ1v) is 7.70. The van der Waals surface area contributed by atoms with Gasteiger partial charge in [0.15, 0.2) is 0 Å². The molecule has 4 nitrogen and oxygen atoms in total. The SMILES string of the molecule is CC(C)CC1CN(C(=O)OCc2ccccc2)CCC1O. The zero-order valence-corrected chi connectivity index (χ0v) is 12.9. The van der Waals surface area contributed by atoms with Crippen molar-refractivity contribution in [3.8, 4) is 0 Å². The van der Waals surface area contributed by atoms with E-state index >= 15 is 0 Å². The number of nitrogens with zero attached hydrogens (tertiary/aromatic N) is 1. The summed E-state index contributed by atoms with van der Waals surface area (Å²) >= 11 is 0. The molecule has 1 heterocycles. The Labute approximate surface area is 126 Å². The summed E-state index contributed by atoms with van der Waals surface area (Å²) in [5.41, 5.74) is 0.988. The Kier molecular flexibility index (Phi) is 5.62. The van der Waals surface area contributed by atoms with Gasteiger partial charge in [0.1, 0.15) is 6.61 Å². The lowest BCUT2D eigenvalue weighted by atomic mass is 9.87. The van der Waals surface area contributed by atoms with Crippen LogP contribution in [0.15, 0.2) is 30.3 Å². The average molecular weight is 291 g/mol. The van der Waals surface area contributed by atoms with Crippen molar-refractivity contribution in [1.29, 1.82) is 0 Å². The molecule has 1 fully saturated rings. The highest BCUT2D eigenvalue weighted by molar-refractivity contribution is 5.67. The van der Waals surface area contributed by atoms with Crippen LogP contribution < -0.4 is 0 Å². The highest BCUT2D eigenvalue weighted by atomic mass is 16.6. The van der Waals surface area contributed by atoms with Crippen molar-refractivity contribution >= 4 is 6.09 Å². The summed E-state index contributed by atoms with van der Waals surface area (Å²) < 4.78 is 5.36. The summed E-state index contributed by atoms with van der Waals surface area (Å²) in [6.07, 6.45) is 0.992. The van der Waals surface area contributed by atoms with Crippen LogP contribution in [-0.2, 0) is 11.3 Å². The number of ether oxygens (including phenoxy) is 1. The lowest BCUT2D eigenvalue weighted by molar-refractivity contribution is 0.0115. The van der Waals surface area contributed by atoms with Crippen molar-refractivity contribution in [1.82, 2.24) is 4.90 Å². The fourth-order valence-electron chi connectivity index (χ4n) is 2.83. The molecule has 2 atom stereocenters. The maximum absolute atomic E-state index is 12.1. The number of carbonyl (C=O) groups is 1. The second kappa shape index (κ2) is 7.46. The van der Waals surface area contributed by atoms with Crippen molar-refractivity contribution in [3.63, 3.8) is 0 Å². The highest BCUT2D eigenvalue weighted by Crippen LogP contribution is 2.24. The van der Waals surface area contributed by atoms with E-state index in [1.165, 1.54) is 0 Å². The fourth-order valence-corrected chi connectivity index (χ4v) is 2.83. The summed E-state index contributed by atoms with van der Waals surface area (Å²) in [6, 6.07) is 9.68. The molecule has 116 valence electrons. The molecule has 0 aliphatic carbocycles. The molecular weight excluding hydrogens is 266 g/mol. The normalized spacial score (nSPS) is 22.4. The van der Waals surface area contributed by atoms with Gasteiger partial charge in [-0.25, -0.2) is 4.79 Å². The number of likely N-dealkylation sites (tertiary alicyclic amines) is 1. The van der Waals surface area contributed by atoms with E-state index in [4.69, 9.17) is 4.74 Å². The number of benzene rings is 1. The molecule has 1 aromatic carbocycles. The van der Waals surface area contributed by atoms with Crippen molar-refractivity contribution in [2.75, 3.05) is 13.1 Å². The first kappa shape index (κ1) is 15.8. The van der Waals surface area contributed by atoms with Gasteiger partial charge in [-0.2, -0.15) is 0 Å². The smallest absolute Gasteiger partial charge is 0.410 e. The number of rotatable bonds is 4. The topological polar surface area (TPSA) is 49.8 Å². The quantitative estimate of drug-likeness (QED) is 0.927. The van der Waals surface area contributed by atoms with Crippen LogP contribution in [-0.4, -0.2) is 35.3 Å². The summed E-state index contributed by atoms with van der Waals surface area (Å²) in [4.78, 5) is 13.9. The second-order valence-electron chi connectivity index (χ2n) is 6.23. The van der Waals surface area contributed by atoms with Crippen LogP contribution >= 0.6 is 0 Å². The third-order valence-electron chi connectivity index (χ3n) is 3.93. The average Bonchev–Trinajstić information content (AvgIpc) is 2.47. The number of carbonyl (C=O) groups excluding carboxylic acids is 1. The third-order valence-corrected chi connectivity index (χ3v) is 3.93. The number of aliphatic hydroxyl groups is 1. The van der Waals surface area contributed by atoms with Crippen LogP contribution in [0, 0.1) is 11.8 Å². The molecular formula is C17H25NO3. The van der Waals surface area contributed by atoms with Gasteiger partial charge in [-0.05, 0) is 24.3 Å². The van der Waals surface area contributed by atoms with E-state index in [0.717, 1.165) is 12.0 Å². The minimum Gasteiger partial charge on any atom is -0.445 e. The fraction of sp³-hybridized carbons (Fsp3) is 0.588. The van der Waals surface area contributed by atoms with Crippen molar-refractivity contribution in [2.45, 2.75) is 39.4 Å². The van der Waals surface area contributed by atoms with Gasteiger partial charge in [-0.15, -0.1) is 0 Å². The molecule has 2 unspecified atom stereocenters. The number of hydrogen-bond acceptors (Lipinski definition) is 3. The Balaban J connectivity index is 1.84. The zero-order chi connectivity index (χ0) is 15.2. The van der Waals surface area contributed by atoms with Gasteiger partial charge in [0, 0.05) is 19.0 Å². The summed E-state index contributed by atoms with van der Waals surface area (Å²) in [6.45, 7) is 5.74. The Morgan fingerprint density at radius 2 is 2.10 bits per heavy atom. The van der Waals surface area contributed by atoms with Crippen LogP contribution in [0.5, 0.6) is 0 Å². The molecule has 2 rings (SSSR count). The lowest BCUT2D eigenvalue weighted by Gasteiger charge is -2.36. The van der Waals surface area contributed by atoms with Gasteiger partial charge in [0.25, 0.3) is 0 Å². The third kappa shape index (κ3) is 4.74. The van der Waals surface area contributed by atoms with Crippen molar-refractivity contribution in [2.24, 2.45) is 11.8 Å². The number of aliphatic hydroxyl groups excluding tert-OH is 1. The molecule has 1 aromatic rings. The largest absolute Gasteiger partial charge is 0.445 e. The maximum Gasteiger partial charge on any atom is 0.410 e.